The van der Waals surface area contributed by atoms with Crippen molar-refractivity contribution in [3.63, 3.8) is 0 Å². The van der Waals surface area contributed by atoms with Crippen LogP contribution in [0.5, 0.6) is 0 Å². The van der Waals surface area contributed by atoms with Crippen molar-refractivity contribution in [1.82, 2.24) is 4.90 Å². The first-order valence-electron chi connectivity index (χ1n) is 4.01. The molecule has 0 aliphatic heterocycles. The van der Waals surface area contributed by atoms with Gasteiger partial charge in [-0.15, -0.1) is 0 Å². The fraction of sp³-hybridized carbons (Fsp3) is 0.750. The highest BCUT2D eigenvalue weighted by atomic mass is 16.4. The highest BCUT2D eigenvalue weighted by Gasteiger charge is 2.27. The number of aliphatic carboxylic acids is 1. The summed E-state index contributed by atoms with van der Waals surface area (Å²) in [7, 11) is 0. The van der Waals surface area contributed by atoms with Crippen molar-refractivity contribution in [3.05, 3.63) is 0 Å². The number of carboxylic acids is 1. The second-order valence-corrected chi connectivity index (χ2v) is 2.57. The summed E-state index contributed by atoms with van der Waals surface area (Å²) in [6.07, 6.45) is 0. The van der Waals surface area contributed by atoms with E-state index in [1.807, 2.05) is 13.8 Å². The molecule has 0 heterocycles. The average molecular weight is 173 g/mol. The van der Waals surface area contributed by atoms with Crippen LogP contribution in [0.3, 0.4) is 0 Å². The Morgan fingerprint density at radius 2 is 1.75 bits per heavy atom. The second-order valence-electron chi connectivity index (χ2n) is 2.57. The third kappa shape index (κ3) is 2.62. The molecule has 0 aliphatic rings. The van der Waals surface area contributed by atoms with E-state index in [0.29, 0.717) is 13.1 Å². The molecule has 12 heavy (non-hydrogen) atoms. The molecule has 70 valence electrons. The largest absolute Gasteiger partial charge is 0.480 e. The summed E-state index contributed by atoms with van der Waals surface area (Å²) in [5, 5.41) is 8.71. The molecule has 0 fully saturated rings. The van der Waals surface area contributed by atoms with E-state index in [1.54, 1.807) is 4.90 Å². The van der Waals surface area contributed by atoms with Gasteiger partial charge in [0.1, 0.15) is 0 Å². The molecule has 0 saturated carbocycles. The average Bonchev–Trinajstić information content (AvgIpc) is 1.98. The number of rotatable bonds is 5. The van der Waals surface area contributed by atoms with Crippen LogP contribution in [0, 0.1) is 0 Å². The lowest BCUT2D eigenvalue weighted by atomic mass is 10.2. The summed E-state index contributed by atoms with van der Waals surface area (Å²) in [6.45, 7) is 6.13. The topological polar surface area (TPSA) is 57.6 Å². The molecule has 0 bridgehead atoms. The van der Waals surface area contributed by atoms with Crippen molar-refractivity contribution in [2.75, 3.05) is 13.1 Å². The predicted molar refractivity (Wildman–Crippen MR) is 45.0 cm³/mol. The van der Waals surface area contributed by atoms with Crippen molar-refractivity contribution in [2.24, 2.45) is 0 Å². The van der Waals surface area contributed by atoms with Crippen LogP contribution in [-0.2, 0) is 9.59 Å². The Morgan fingerprint density at radius 1 is 1.33 bits per heavy atom. The van der Waals surface area contributed by atoms with Crippen molar-refractivity contribution in [2.45, 2.75) is 26.8 Å². The Bertz CT molecular complexity index is 161. The lowest BCUT2D eigenvalue weighted by Gasteiger charge is -2.23. The molecule has 0 radical (unpaired) electrons. The van der Waals surface area contributed by atoms with Crippen LogP contribution in [0.25, 0.3) is 0 Å². The molecule has 1 N–H and O–H groups in total. The van der Waals surface area contributed by atoms with Gasteiger partial charge in [-0.1, -0.05) is 13.8 Å². The van der Waals surface area contributed by atoms with E-state index >= 15 is 0 Å². The zero-order valence-electron chi connectivity index (χ0n) is 7.70. The molecule has 0 amide bonds. The number of hydrogen-bond acceptors (Lipinski definition) is 3. The summed E-state index contributed by atoms with van der Waals surface area (Å²) in [4.78, 5) is 23.2. The van der Waals surface area contributed by atoms with E-state index in [1.165, 1.54) is 6.92 Å². The fourth-order valence-electron chi connectivity index (χ4n) is 1.18. The van der Waals surface area contributed by atoms with Gasteiger partial charge in [-0.2, -0.15) is 0 Å². The molecule has 0 aliphatic carbocycles. The Hall–Kier alpha value is -0.900. The molecule has 0 aromatic rings. The van der Waals surface area contributed by atoms with Gasteiger partial charge in [0.2, 0.25) is 0 Å². The standard InChI is InChI=1S/C8H15NO3/c1-4-9(5-2)7(6(3)10)8(11)12/h7H,4-5H2,1-3H3,(H,11,12). The molecule has 4 nitrogen and oxygen atoms in total. The van der Waals surface area contributed by atoms with E-state index in [4.69, 9.17) is 5.11 Å². The first-order valence-corrected chi connectivity index (χ1v) is 4.01. The fourth-order valence-corrected chi connectivity index (χ4v) is 1.18. The number of carbonyl (C=O) groups is 2. The van der Waals surface area contributed by atoms with Gasteiger partial charge in [0.15, 0.2) is 11.8 Å². The summed E-state index contributed by atoms with van der Waals surface area (Å²) in [6, 6.07) is -0.972. The first-order chi connectivity index (χ1) is 5.54. The van der Waals surface area contributed by atoms with Gasteiger partial charge < -0.3 is 5.11 Å². The lowest BCUT2D eigenvalue weighted by Crippen LogP contribution is -2.45. The highest BCUT2D eigenvalue weighted by molar-refractivity contribution is 6.01. The summed E-state index contributed by atoms with van der Waals surface area (Å²) in [5.41, 5.74) is 0. The van der Waals surface area contributed by atoms with Crippen molar-refractivity contribution >= 4 is 11.8 Å². The van der Waals surface area contributed by atoms with Gasteiger partial charge >= 0.3 is 5.97 Å². The number of nitrogens with zero attached hydrogens (tertiary/aromatic N) is 1. The number of likely N-dealkylation sites (N-methyl/N-ethyl adjacent to an activating group) is 1. The molecule has 0 aromatic heterocycles. The number of Topliss-reactive ketones (excluding diaryl/α,β-unsaturated/α-hetero) is 1. The molecule has 0 aromatic carbocycles. The SMILES string of the molecule is CCN(CC)C(C(C)=O)C(=O)O. The first kappa shape index (κ1) is 11.1. The molecular formula is C8H15NO3. The summed E-state index contributed by atoms with van der Waals surface area (Å²) in [5.74, 6) is -1.38. The maximum atomic E-state index is 10.9. The Kier molecular flexibility index (Phi) is 4.51. The second kappa shape index (κ2) is 4.87. The zero-order valence-corrected chi connectivity index (χ0v) is 7.70. The van der Waals surface area contributed by atoms with Crippen LogP contribution in [0.4, 0.5) is 0 Å². The van der Waals surface area contributed by atoms with Crippen LogP contribution in [-0.4, -0.2) is 40.9 Å². The van der Waals surface area contributed by atoms with Crippen LogP contribution < -0.4 is 0 Å². The van der Waals surface area contributed by atoms with Gasteiger partial charge in [0.25, 0.3) is 0 Å². The quantitative estimate of drug-likeness (QED) is 0.610. The number of carbonyl (C=O) groups excluding carboxylic acids is 1. The number of ketones is 1. The predicted octanol–water partition coefficient (Wildman–Crippen LogP) is 0.370. The molecule has 4 heteroatoms. The minimum Gasteiger partial charge on any atom is -0.480 e. The molecule has 1 unspecified atom stereocenters. The van der Waals surface area contributed by atoms with Gasteiger partial charge in [-0.05, 0) is 20.0 Å². The van der Waals surface area contributed by atoms with E-state index in [-0.39, 0.29) is 5.78 Å². The Balaban J connectivity index is 4.47. The molecule has 1 atom stereocenters. The Labute approximate surface area is 72.2 Å². The third-order valence-electron chi connectivity index (χ3n) is 1.80. The van der Waals surface area contributed by atoms with Gasteiger partial charge in [-0.3, -0.25) is 14.5 Å². The van der Waals surface area contributed by atoms with Gasteiger partial charge in [0, 0.05) is 0 Å². The lowest BCUT2D eigenvalue weighted by molar-refractivity contribution is -0.147. The molecule has 0 spiro atoms. The van der Waals surface area contributed by atoms with Crippen molar-refractivity contribution in [1.29, 1.82) is 0 Å². The monoisotopic (exact) mass is 173 g/mol. The molecular weight excluding hydrogens is 158 g/mol. The Morgan fingerprint density at radius 3 is 1.83 bits per heavy atom. The maximum absolute atomic E-state index is 10.9. The summed E-state index contributed by atoms with van der Waals surface area (Å²) < 4.78 is 0. The van der Waals surface area contributed by atoms with Crippen LogP contribution in [0.1, 0.15) is 20.8 Å². The van der Waals surface area contributed by atoms with Crippen molar-refractivity contribution < 1.29 is 14.7 Å². The van der Waals surface area contributed by atoms with Gasteiger partial charge in [0.05, 0.1) is 0 Å². The maximum Gasteiger partial charge on any atom is 0.328 e. The number of hydrogen-bond donors (Lipinski definition) is 1. The van der Waals surface area contributed by atoms with E-state index < -0.39 is 12.0 Å². The van der Waals surface area contributed by atoms with E-state index in [0.717, 1.165) is 0 Å². The minimum absolute atomic E-state index is 0.314. The zero-order chi connectivity index (χ0) is 9.72. The minimum atomic E-state index is -1.06. The highest BCUT2D eigenvalue weighted by Crippen LogP contribution is 2.00. The molecule has 0 saturated heterocycles. The van der Waals surface area contributed by atoms with E-state index in [2.05, 4.69) is 0 Å². The third-order valence-corrected chi connectivity index (χ3v) is 1.80. The number of carboxylic acid groups (broad SMARTS) is 1. The van der Waals surface area contributed by atoms with Crippen LogP contribution >= 0.6 is 0 Å². The van der Waals surface area contributed by atoms with Crippen molar-refractivity contribution in [3.8, 4) is 0 Å². The smallest absolute Gasteiger partial charge is 0.328 e. The van der Waals surface area contributed by atoms with Crippen LogP contribution in [0.15, 0.2) is 0 Å². The summed E-state index contributed by atoms with van der Waals surface area (Å²) >= 11 is 0. The van der Waals surface area contributed by atoms with Gasteiger partial charge in [-0.25, -0.2) is 0 Å². The van der Waals surface area contributed by atoms with Crippen LogP contribution in [0.2, 0.25) is 0 Å². The normalized spacial score (nSPS) is 13.0. The molecule has 0 rings (SSSR count). The van der Waals surface area contributed by atoms with E-state index in [9.17, 15) is 9.59 Å².